The van der Waals surface area contributed by atoms with Gasteiger partial charge in [0.05, 0.1) is 34.9 Å². The monoisotopic (exact) mass is 623 g/mol. The average molecular weight is 624 g/mol. The Morgan fingerprint density at radius 3 is 2.09 bits per heavy atom. The first-order chi connectivity index (χ1) is 22.0. The Kier molecular flexibility index (Phi) is 8.10. The summed E-state index contributed by atoms with van der Waals surface area (Å²) in [6.45, 7) is 0.352. The van der Waals surface area contributed by atoms with Gasteiger partial charge in [0.25, 0.3) is 5.91 Å². The lowest BCUT2D eigenvalue weighted by Crippen LogP contribution is -2.24. The molecule has 5 aromatic carbocycles. The first-order valence-electron chi connectivity index (χ1n) is 14.2. The van der Waals surface area contributed by atoms with E-state index in [2.05, 4.69) is 10.4 Å². The maximum absolute atomic E-state index is 14.4. The summed E-state index contributed by atoms with van der Waals surface area (Å²) in [5, 5.41) is 16.9. The van der Waals surface area contributed by atoms with Gasteiger partial charge in [0.15, 0.2) is 0 Å². The lowest BCUT2D eigenvalue weighted by atomic mass is 9.98. The van der Waals surface area contributed by atoms with E-state index >= 15 is 0 Å². The average Bonchev–Trinajstić information content (AvgIpc) is 3.46. The van der Waals surface area contributed by atoms with Crippen molar-refractivity contribution < 1.29 is 32.3 Å². The second-order valence-corrected chi connectivity index (χ2v) is 10.7. The van der Waals surface area contributed by atoms with E-state index in [1.54, 1.807) is 22.9 Å². The van der Waals surface area contributed by atoms with Crippen molar-refractivity contribution in [1.29, 1.82) is 0 Å². The molecule has 6 rings (SSSR count). The van der Waals surface area contributed by atoms with Crippen LogP contribution in [0.5, 0.6) is 0 Å². The quantitative estimate of drug-likeness (QED) is 0.168. The van der Waals surface area contributed by atoms with Crippen LogP contribution in [-0.2, 0) is 19.3 Å². The van der Waals surface area contributed by atoms with Crippen LogP contribution in [0.15, 0.2) is 115 Å². The molecule has 6 aromatic rings. The summed E-state index contributed by atoms with van der Waals surface area (Å²) in [7, 11) is 0. The van der Waals surface area contributed by atoms with Gasteiger partial charge >= 0.3 is 12.1 Å². The largest absolute Gasteiger partial charge is 0.478 e. The van der Waals surface area contributed by atoms with Crippen molar-refractivity contribution in [2.75, 3.05) is 0 Å². The number of carbonyl (C=O) groups is 2. The van der Waals surface area contributed by atoms with Crippen molar-refractivity contribution in [3.8, 4) is 22.3 Å². The molecule has 0 radical (unpaired) electrons. The number of nitrogens with one attached hydrogen (secondary N) is 1. The molecule has 0 atom stereocenters. The molecular formula is C36H25F4N3O3. The Hall–Kier alpha value is -5.77. The molecule has 0 spiro atoms. The van der Waals surface area contributed by atoms with Crippen molar-refractivity contribution in [1.82, 2.24) is 15.1 Å². The number of aromatic nitrogens is 2. The van der Waals surface area contributed by atoms with Crippen LogP contribution in [-0.4, -0.2) is 26.8 Å². The van der Waals surface area contributed by atoms with Crippen LogP contribution in [0.4, 0.5) is 17.6 Å². The molecule has 0 saturated carbocycles. The molecule has 1 aromatic heterocycles. The van der Waals surface area contributed by atoms with Crippen molar-refractivity contribution >= 4 is 22.8 Å². The zero-order valence-electron chi connectivity index (χ0n) is 24.1. The molecule has 0 saturated heterocycles. The SMILES string of the molecule is O=C(O)c1ccc(CNC(=O)c2cc(-c3cc(F)cc(C(F)(F)F)c3)cc3cnn(Cc4ccc(-c5ccccc5)cc4)c23)cc1. The van der Waals surface area contributed by atoms with Gasteiger partial charge in [-0.1, -0.05) is 66.7 Å². The van der Waals surface area contributed by atoms with Gasteiger partial charge in [-0.15, -0.1) is 0 Å². The van der Waals surface area contributed by atoms with Crippen LogP contribution in [0.2, 0.25) is 0 Å². The van der Waals surface area contributed by atoms with Crippen LogP contribution in [0, 0.1) is 5.82 Å². The molecule has 0 unspecified atom stereocenters. The zero-order valence-corrected chi connectivity index (χ0v) is 24.1. The van der Waals surface area contributed by atoms with E-state index in [-0.39, 0.29) is 28.8 Å². The molecule has 46 heavy (non-hydrogen) atoms. The van der Waals surface area contributed by atoms with Gasteiger partial charge in [0.2, 0.25) is 0 Å². The van der Waals surface area contributed by atoms with E-state index in [1.165, 1.54) is 24.4 Å². The third-order valence-electron chi connectivity index (χ3n) is 7.58. The molecule has 10 heteroatoms. The normalized spacial score (nSPS) is 11.5. The number of nitrogens with zero attached hydrogens (tertiary/aromatic N) is 2. The lowest BCUT2D eigenvalue weighted by molar-refractivity contribution is -0.137. The molecule has 1 amide bonds. The van der Waals surface area contributed by atoms with Crippen LogP contribution in [0.3, 0.4) is 0 Å². The van der Waals surface area contributed by atoms with Gasteiger partial charge in [0.1, 0.15) is 5.82 Å². The smallest absolute Gasteiger partial charge is 0.416 e. The number of benzene rings is 5. The molecule has 0 aliphatic rings. The van der Waals surface area contributed by atoms with E-state index in [1.807, 2.05) is 54.6 Å². The van der Waals surface area contributed by atoms with Crippen molar-refractivity contribution in [2.24, 2.45) is 0 Å². The fourth-order valence-corrected chi connectivity index (χ4v) is 5.26. The predicted octanol–water partition coefficient (Wildman–Crippen LogP) is 8.20. The number of carboxylic acid groups (broad SMARTS) is 1. The summed E-state index contributed by atoms with van der Waals surface area (Å²) in [6.07, 6.45) is -3.25. The second-order valence-electron chi connectivity index (χ2n) is 10.7. The molecule has 0 aliphatic carbocycles. The highest BCUT2D eigenvalue weighted by molar-refractivity contribution is 6.07. The lowest BCUT2D eigenvalue weighted by Gasteiger charge is -2.14. The van der Waals surface area contributed by atoms with Crippen molar-refractivity contribution in [3.63, 3.8) is 0 Å². The minimum atomic E-state index is -4.77. The summed E-state index contributed by atoms with van der Waals surface area (Å²) in [6, 6.07) is 29.0. The minimum absolute atomic E-state index is 0.0446. The fraction of sp³-hybridized carbons (Fsp3) is 0.0833. The number of carboxylic acids is 1. The van der Waals surface area contributed by atoms with Gasteiger partial charge in [0, 0.05) is 11.9 Å². The molecule has 0 bridgehead atoms. The number of amides is 1. The predicted molar refractivity (Wildman–Crippen MR) is 166 cm³/mol. The number of fused-ring (bicyclic) bond motifs is 1. The highest BCUT2D eigenvalue weighted by Crippen LogP contribution is 2.35. The molecule has 6 nitrogen and oxygen atoms in total. The second kappa shape index (κ2) is 12.3. The highest BCUT2D eigenvalue weighted by atomic mass is 19.4. The van der Waals surface area contributed by atoms with Crippen LogP contribution in [0.25, 0.3) is 33.2 Å². The van der Waals surface area contributed by atoms with Crippen molar-refractivity contribution in [3.05, 3.63) is 149 Å². The van der Waals surface area contributed by atoms with E-state index < -0.39 is 29.4 Å². The third kappa shape index (κ3) is 6.51. The summed E-state index contributed by atoms with van der Waals surface area (Å²) in [5.74, 6) is -2.68. The third-order valence-corrected chi connectivity index (χ3v) is 7.58. The summed E-state index contributed by atoms with van der Waals surface area (Å²) >= 11 is 0. The van der Waals surface area contributed by atoms with Gasteiger partial charge in [-0.05, 0) is 75.8 Å². The molecule has 2 N–H and O–H groups in total. The van der Waals surface area contributed by atoms with Crippen LogP contribution >= 0.6 is 0 Å². The van der Waals surface area contributed by atoms with Crippen molar-refractivity contribution in [2.45, 2.75) is 19.3 Å². The Morgan fingerprint density at radius 2 is 1.41 bits per heavy atom. The standard InChI is InChI=1S/C36H25F4N3O3/c37-31-16-28(15-30(18-31)36(38,39)40)27-14-29-20-42-43(21-23-8-10-25(11-9-23)24-4-2-1-3-5-24)33(29)32(17-27)34(44)41-19-22-6-12-26(13-7-22)35(45)46/h1-18,20H,19,21H2,(H,41,44)(H,45,46). The van der Waals surface area contributed by atoms with E-state index in [4.69, 9.17) is 5.11 Å². The number of carbonyl (C=O) groups excluding carboxylic acids is 1. The van der Waals surface area contributed by atoms with Gasteiger partial charge in [-0.3, -0.25) is 9.48 Å². The van der Waals surface area contributed by atoms with Crippen LogP contribution in [0.1, 0.15) is 37.4 Å². The number of hydrogen-bond acceptors (Lipinski definition) is 3. The Bertz CT molecular complexity index is 2050. The fourth-order valence-electron chi connectivity index (χ4n) is 5.26. The molecule has 0 aliphatic heterocycles. The number of alkyl halides is 3. The minimum Gasteiger partial charge on any atom is -0.478 e. The van der Waals surface area contributed by atoms with E-state index in [9.17, 15) is 27.2 Å². The first-order valence-corrected chi connectivity index (χ1v) is 14.2. The van der Waals surface area contributed by atoms with Crippen LogP contribution < -0.4 is 5.32 Å². The van der Waals surface area contributed by atoms with E-state index in [0.29, 0.717) is 29.1 Å². The number of hydrogen-bond donors (Lipinski definition) is 2. The highest BCUT2D eigenvalue weighted by Gasteiger charge is 2.31. The van der Waals surface area contributed by atoms with E-state index in [0.717, 1.165) is 28.8 Å². The molecular weight excluding hydrogens is 598 g/mol. The zero-order chi connectivity index (χ0) is 32.4. The van der Waals surface area contributed by atoms with Gasteiger partial charge in [-0.2, -0.15) is 18.3 Å². The Balaban J connectivity index is 1.37. The number of rotatable bonds is 8. The molecule has 230 valence electrons. The maximum atomic E-state index is 14.4. The first kappa shape index (κ1) is 30.3. The topological polar surface area (TPSA) is 84.2 Å². The summed E-state index contributed by atoms with van der Waals surface area (Å²) in [5.41, 5.74) is 3.32. The molecule has 0 fully saturated rings. The summed E-state index contributed by atoms with van der Waals surface area (Å²) in [4.78, 5) is 24.9. The number of halogens is 4. The maximum Gasteiger partial charge on any atom is 0.416 e. The Labute approximate surface area is 260 Å². The van der Waals surface area contributed by atoms with Gasteiger partial charge < -0.3 is 10.4 Å². The molecule has 1 heterocycles. The van der Waals surface area contributed by atoms with Gasteiger partial charge in [-0.25, -0.2) is 9.18 Å². The summed E-state index contributed by atoms with van der Waals surface area (Å²) < 4.78 is 56.5. The number of aromatic carboxylic acids is 1. The Morgan fingerprint density at radius 1 is 0.761 bits per heavy atom.